The van der Waals surface area contributed by atoms with E-state index in [-0.39, 0.29) is 0 Å². The predicted octanol–water partition coefficient (Wildman–Crippen LogP) is 3.59. The molecule has 0 bridgehead atoms. The Labute approximate surface area is 118 Å². The molecule has 1 heterocycles. The van der Waals surface area contributed by atoms with Gasteiger partial charge >= 0.3 is 0 Å². The minimum Gasteiger partial charge on any atom is -0.316 e. The molecule has 0 aliphatic heterocycles. The van der Waals surface area contributed by atoms with Crippen LogP contribution in [0.5, 0.6) is 0 Å². The van der Waals surface area contributed by atoms with Crippen LogP contribution in [0.1, 0.15) is 52.3 Å². The molecule has 0 saturated carbocycles. The average Bonchev–Trinajstić information content (AvgIpc) is 2.85. The van der Waals surface area contributed by atoms with Gasteiger partial charge in [0, 0.05) is 18.7 Å². The largest absolute Gasteiger partial charge is 0.316 e. The van der Waals surface area contributed by atoms with Gasteiger partial charge in [-0.2, -0.15) is 5.10 Å². The maximum atomic E-state index is 4.59. The third kappa shape index (κ3) is 6.58. The van der Waals surface area contributed by atoms with Crippen LogP contribution in [0.3, 0.4) is 0 Å². The van der Waals surface area contributed by atoms with Gasteiger partial charge in [0.05, 0.1) is 5.69 Å². The van der Waals surface area contributed by atoms with Crippen LogP contribution in [0.4, 0.5) is 0 Å². The first-order chi connectivity index (χ1) is 9.13. The van der Waals surface area contributed by atoms with E-state index in [0.717, 1.165) is 44.0 Å². The van der Waals surface area contributed by atoms with Gasteiger partial charge in [0.1, 0.15) is 0 Å². The average molecular weight is 263 g/mol. The molecule has 0 spiro atoms. The highest BCUT2D eigenvalue weighted by Gasteiger charge is 2.02. The van der Waals surface area contributed by atoms with Gasteiger partial charge < -0.3 is 5.32 Å². The Morgan fingerprint density at radius 2 is 2.11 bits per heavy atom. The Balaban J connectivity index is 2.19. The number of hydrogen-bond donors (Lipinski definition) is 1. The SMILES string of the molecule is CCC(C)n1ccc(CC=CCCNCC(C)C)n1. The maximum absolute atomic E-state index is 4.59. The molecule has 0 amide bonds. The lowest BCUT2D eigenvalue weighted by molar-refractivity contribution is 0.474. The van der Waals surface area contributed by atoms with E-state index in [1.165, 1.54) is 0 Å². The van der Waals surface area contributed by atoms with E-state index in [4.69, 9.17) is 0 Å². The zero-order chi connectivity index (χ0) is 14.1. The van der Waals surface area contributed by atoms with E-state index in [2.05, 4.69) is 67.2 Å². The van der Waals surface area contributed by atoms with Crippen LogP contribution in [0.15, 0.2) is 24.4 Å². The lowest BCUT2D eigenvalue weighted by atomic mass is 10.2. The number of nitrogens with one attached hydrogen (secondary N) is 1. The summed E-state index contributed by atoms with van der Waals surface area (Å²) < 4.78 is 2.06. The Bertz CT molecular complexity index is 366. The lowest BCUT2D eigenvalue weighted by Gasteiger charge is -2.07. The van der Waals surface area contributed by atoms with Gasteiger partial charge in [-0.3, -0.25) is 4.68 Å². The molecule has 3 nitrogen and oxygen atoms in total. The van der Waals surface area contributed by atoms with Crippen molar-refractivity contribution >= 4 is 0 Å². The van der Waals surface area contributed by atoms with Crippen LogP contribution < -0.4 is 5.32 Å². The molecule has 1 aromatic rings. The normalized spacial score (nSPS) is 13.5. The Kier molecular flexibility index (Phi) is 7.49. The van der Waals surface area contributed by atoms with Crippen molar-refractivity contribution in [3.63, 3.8) is 0 Å². The monoisotopic (exact) mass is 263 g/mol. The second-order valence-electron chi connectivity index (χ2n) is 5.61. The molecule has 19 heavy (non-hydrogen) atoms. The summed E-state index contributed by atoms with van der Waals surface area (Å²) in [5.41, 5.74) is 1.16. The van der Waals surface area contributed by atoms with Crippen LogP contribution in [-0.2, 0) is 6.42 Å². The zero-order valence-electron chi connectivity index (χ0n) is 12.9. The Hall–Kier alpha value is -1.09. The number of rotatable bonds is 9. The van der Waals surface area contributed by atoms with E-state index in [0.29, 0.717) is 6.04 Å². The standard InChI is InChI=1S/C16H29N3/c1-5-15(4)19-12-10-16(18-19)9-7-6-8-11-17-13-14(2)3/h6-7,10,12,14-15,17H,5,8-9,11,13H2,1-4H3. The first-order valence-corrected chi connectivity index (χ1v) is 7.53. The summed E-state index contributed by atoms with van der Waals surface area (Å²) in [6, 6.07) is 2.62. The van der Waals surface area contributed by atoms with Gasteiger partial charge in [-0.25, -0.2) is 0 Å². The summed E-state index contributed by atoms with van der Waals surface area (Å²) >= 11 is 0. The van der Waals surface area contributed by atoms with Crippen molar-refractivity contribution in [2.24, 2.45) is 5.92 Å². The Morgan fingerprint density at radius 1 is 1.32 bits per heavy atom. The van der Waals surface area contributed by atoms with E-state index in [9.17, 15) is 0 Å². The molecule has 1 aromatic heterocycles. The third-order valence-corrected chi connectivity index (χ3v) is 3.24. The summed E-state index contributed by atoms with van der Waals surface area (Å²) in [6.07, 6.45) is 9.71. The van der Waals surface area contributed by atoms with Crippen molar-refractivity contribution in [3.05, 3.63) is 30.1 Å². The minimum absolute atomic E-state index is 0.498. The summed E-state index contributed by atoms with van der Waals surface area (Å²) in [7, 11) is 0. The topological polar surface area (TPSA) is 29.9 Å². The number of hydrogen-bond acceptors (Lipinski definition) is 2. The van der Waals surface area contributed by atoms with Crippen molar-refractivity contribution in [2.45, 2.75) is 53.0 Å². The van der Waals surface area contributed by atoms with Crippen LogP contribution in [-0.4, -0.2) is 22.9 Å². The van der Waals surface area contributed by atoms with Crippen molar-refractivity contribution < 1.29 is 0 Å². The Morgan fingerprint density at radius 3 is 2.79 bits per heavy atom. The first-order valence-electron chi connectivity index (χ1n) is 7.53. The molecular weight excluding hydrogens is 234 g/mol. The second kappa shape index (κ2) is 8.92. The molecule has 0 aromatic carbocycles. The van der Waals surface area contributed by atoms with Gasteiger partial charge in [0.15, 0.2) is 0 Å². The van der Waals surface area contributed by atoms with Gasteiger partial charge in [0.2, 0.25) is 0 Å². The fourth-order valence-corrected chi connectivity index (χ4v) is 1.82. The van der Waals surface area contributed by atoms with Crippen molar-refractivity contribution in [1.82, 2.24) is 15.1 Å². The fourth-order valence-electron chi connectivity index (χ4n) is 1.82. The van der Waals surface area contributed by atoms with Crippen molar-refractivity contribution in [3.8, 4) is 0 Å². The highest BCUT2D eigenvalue weighted by atomic mass is 15.3. The smallest absolute Gasteiger partial charge is 0.0662 e. The van der Waals surface area contributed by atoms with Crippen molar-refractivity contribution in [2.75, 3.05) is 13.1 Å². The van der Waals surface area contributed by atoms with Gasteiger partial charge in [-0.1, -0.05) is 32.9 Å². The van der Waals surface area contributed by atoms with Crippen molar-refractivity contribution in [1.29, 1.82) is 0 Å². The molecule has 0 aliphatic carbocycles. The summed E-state index contributed by atoms with van der Waals surface area (Å²) in [6.45, 7) is 11.0. The van der Waals surface area contributed by atoms with E-state index >= 15 is 0 Å². The molecule has 1 N–H and O–H groups in total. The quantitative estimate of drug-likeness (QED) is 0.545. The highest BCUT2D eigenvalue weighted by molar-refractivity contribution is 5.05. The molecule has 0 fully saturated rings. The van der Waals surface area contributed by atoms with E-state index in [1.807, 2.05) is 0 Å². The minimum atomic E-state index is 0.498. The zero-order valence-corrected chi connectivity index (χ0v) is 12.9. The van der Waals surface area contributed by atoms with Crippen LogP contribution in [0.2, 0.25) is 0 Å². The summed E-state index contributed by atoms with van der Waals surface area (Å²) in [5, 5.41) is 8.03. The second-order valence-corrected chi connectivity index (χ2v) is 5.61. The first kappa shape index (κ1) is 16.0. The number of nitrogens with zero attached hydrogens (tertiary/aromatic N) is 2. The predicted molar refractivity (Wildman–Crippen MR) is 82.4 cm³/mol. The van der Waals surface area contributed by atoms with E-state index < -0.39 is 0 Å². The van der Waals surface area contributed by atoms with Crippen LogP contribution in [0, 0.1) is 5.92 Å². The molecule has 1 unspecified atom stereocenters. The van der Waals surface area contributed by atoms with Crippen LogP contribution in [0.25, 0.3) is 0 Å². The maximum Gasteiger partial charge on any atom is 0.0662 e. The number of allylic oxidation sites excluding steroid dienone is 1. The lowest BCUT2D eigenvalue weighted by Crippen LogP contribution is -2.20. The van der Waals surface area contributed by atoms with Gasteiger partial charge in [-0.05, 0) is 44.8 Å². The molecule has 0 aliphatic rings. The molecule has 0 saturated heterocycles. The molecule has 1 rings (SSSR count). The highest BCUT2D eigenvalue weighted by Crippen LogP contribution is 2.09. The van der Waals surface area contributed by atoms with Gasteiger partial charge in [0.25, 0.3) is 0 Å². The molecule has 3 heteroatoms. The van der Waals surface area contributed by atoms with Gasteiger partial charge in [-0.15, -0.1) is 0 Å². The summed E-state index contributed by atoms with van der Waals surface area (Å²) in [5.74, 6) is 0.730. The fraction of sp³-hybridized carbons (Fsp3) is 0.688. The van der Waals surface area contributed by atoms with Crippen LogP contribution >= 0.6 is 0 Å². The molecule has 108 valence electrons. The third-order valence-electron chi connectivity index (χ3n) is 3.24. The summed E-state index contributed by atoms with van der Waals surface area (Å²) in [4.78, 5) is 0. The number of aromatic nitrogens is 2. The van der Waals surface area contributed by atoms with E-state index in [1.54, 1.807) is 0 Å². The molecule has 1 atom stereocenters. The molecule has 0 radical (unpaired) electrons. The molecular formula is C16H29N3.